The van der Waals surface area contributed by atoms with Crippen molar-refractivity contribution >= 4 is 50.7 Å². The molecule has 11 heteroatoms. The molecule has 8 nitrogen and oxygen atoms in total. The lowest BCUT2D eigenvalue weighted by molar-refractivity contribution is -0.140. The Morgan fingerprint density at radius 1 is 0.955 bits per heavy atom. The average molecular weight is 661 g/mol. The van der Waals surface area contributed by atoms with Gasteiger partial charge in [-0.15, -0.1) is 0 Å². The number of rotatable bonds is 13. The van der Waals surface area contributed by atoms with Crippen molar-refractivity contribution in [3.63, 3.8) is 0 Å². The summed E-state index contributed by atoms with van der Waals surface area (Å²) < 4.78 is 34.6. The Hall–Kier alpha value is -3.27. The molecule has 44 heavy (non-hydrogen) atoms. The van der Waals surface area contributed by atoms with Gasteiger partial charge in [0.1, 0.15) is 18.3 Å². The van der Waals surface area contributed by atoms with Crippen LogP contribution < -0.4 is 14.4 Å². The molecule has 0 radical (unpaired) electrons. The van der Waals surface area contributed by atoms with Crippen LogP contribution in [0.2, 0.25) is 10.0 Å². The summed E-state index contributed by atoms with van der Waals surface area (Å²) in [4.78, 5) is 29.4. The zero-order valence-electron chi connectivity index (χ0n) is 25.0. The number of ether oxygens (including phenoxy) is 1. The highest BCUT2D eigenvalue weighted by Crippen LogP contribution is 2.28. The van der Waals surface area contributed by atoms with Gasteiger partial charge in [-0.2, -0.15) is 0 Å². The van der Waals surface area contributed by atoms with Crippen molar-refractivity contribution in [2.45, 2.75) is 75.9 Å². The Bertz CT molecular complexity index is 1510. The highest BCUT2D eigenvalue weighted by molar-refractivity contribution is 7.92. The minimum atomic E-state index is -4.19. The van der Waals surface area contributed by atoms with Gasteiger partial charge >= 0.3 is 0 Å². The molecular formula is C33H39Cl2N3O5S. The third-order valence-corrected chi connectivity index (χ3v) is 10.1. The van der Waals surface area contributed by atoms with Gasteiger partial charge in [-0.25, -0.2) is 8.42 Å². The van der Waals surface area contributed by atoms with Crippen LogP contribution >= 0.6 is 23.2 Å². The number of sulfonamides is 1. The van der Waals surface area contributed by atoms with Gasteiger partial charge in [0.25, 0.3) is 10.0 Å². The van der Waals surface area contributed by atoms with Crippen LogP contribution in [-0.4, -0.2) is 50.4 Å². The summed E-state index contributed by atoms with van der Waals surface area (Å²) in [5.74, 6) is -0.270. The lowest BCUT2D eigenvalue weighted by Crippen LogP contribution is -2.54. The number of anilines is 1. The highest BCUT2D eigenvalue weighted by Gasteiger charge is 2.34. The molecule has 1 unspecified atom stereocenters. The summed E-state index contributed by atoms with van der Waals surface area (Å²) in [6.07, 6.45) is 5.33. The van der Waals surface area contributed by atoms with Gasteiger partial charge in [-0.05, 0) is 80.3 Å². The molecule has 0 heterocycles. The second-order valence-electron chi connectivity index (χ2n) is 10.8. The third-order valence-electron chi connectivity index (χ3n) is 7.74. The van der Waals surface area contributed by atoms with E-state index < -0.39 is 28.5 Å². The van der Waals surface area contributed by atoms with E-state index in [-0.39, 0.29) is 23.4 Å². The zero-order chi connectivity index (χ0) is 31.7. The fourth-order valence-electron chi connectivity index (χ4n) is 5.42. The molecule has 2 amide bonds. The van der Waals surface area contributed by atoms with Crippen molar-refractivity contribution in [1.29, 1.82) is 0 Å². The first-order valence-electron chi connectivity index (χ1n) is 15.0. The van der Waals surface area contributed by atoms with E-state index in [2.05, 4.69) is 5.32 Å². The van der Waals surface area contributed by atoms with E-state index in [1.54, 1.807) is 60.7 Å². The minimum Gasteiger partial charge on any atom is -0.494 e. The lowest BCUT2D eigenvalue weighted by Gasteiger charge is -2.34. The fraction of sp³-hybridized carbons (Fsp3) is 0.394. The van der Waals surface area contributed by atoms with Gasteiger partial charge < -0.3 is 15.0 Å². The molecule has 1 fully saturated rings. The van der Waals surface area contributed by atoms with Crippen LogP contribution in [0, 0.1) is 0 Å². The Morgan fingerprint density at radius 2 is 1.64 bits per heavy atom. The Labute approximate surface area is 270 Å². The van der Waals surface area contributed by atoms with Crippen LogP contribution in [0.15, 0.2) is 77.7 Å². The van der Waals surface area contributed by atoms with Crippen molar-refractivity contribution in [2.24, 2.45) is 0 Å². The third kappa shape index (κ3) is 8.46. The average Bonchev–Trinajstić information content (AvgIpc) is 3.02. The number of amides is 2. The first-order chi connectivity index (χ1) is 21.1. The van der Waals surface area contributed by atoms with Crippen LogP contribution in [0.5, 0.6) is 5.75 Å². The van der Waals surface area contributed by atoms with Gasteiger partial charge in [-0.3, -0.25) is 13.9 Å². The molecule has 236 valence electrons. The van der Waals surface area contributed by atoms with Crippen molar-refractivity contribution < 1.29 is 22.7 Å². The maximum absolute atomic E-state index is 14.3. The summed E-state index contributed by atoms with van der Waals surface area (Å²) in [7, 11) is -4.19. The van der Waals surface area contributed by atoms with Gasteiger partial charge in [0.2, 0.25) is 11.8 Å². The predicted molar refractivity (Wildman–Crippen MR) is 175 cm³/mol. The summed E-state index contributed by atoms with van der Waals surface area (Å²) >= 11 is 12.6. The van der Waals surface area contributed by atoms with Crippen LogP contribution in [0.3, 0.4) is 0 Å². The molecular weight excluding hydrogens is 621 g/mol. The van der Waals surface area contributed by atoms with Gasteiger partial charge in [0.15, 0.2) is 0 Å². The second kappa shape index (κ2) is 15.6. The van der Waals surface area contributed by atoms with Gasteiger partial charge in [-0.1, -0.05) is 73.7 Å². The van der Waals surface area contributed by atoms with Crippen LogP contribution in [-0.2, 0) is 26.2 Å². The maximum atomic E-state index is 14.3. The predicted octanol–water partition coefficient (Wildman–Crippen LogP) is 6.84. The Kier molecular flexibility index (Phi) is 11.9. The number of para-hydroxylation sites is 1. The summed E-state index contributed by atoms with van der Waals surface area (Å²) in [6.45, 7) is 3.59. The molecule has 3 aromatic rings. The van der Waals surface area contributed by atoms with Gasteiger partial charge in [0.05, 0.1) is 17.2 Å². The minimum absolute atomic E-state index is 0.00282. The first kappa shape index (κ1) is 33.6. The van der Waals surface area contributed by atoms with Crippen LogP contribution in [0.4, 0.5) is 5.69 Å². The molecule has 0 spiro atoms. The quantitative estimate of drug-likeness (QED) is 0.217. The number of carbonyl (C=O) groups excluding carboxylic acids is 2. The van der Waals surface area contributed by atoms with E-state index >= 15 is 0 Å². The molecule has 0 saturated heterocycles. The SMILES string of the molecule is CCOc1ccc(S(=O)(=O)N(CC(=O)N(Cc2ccc(Cl)cc2Cl)C(CC)C(=O)NC2CCCCC2)c2ccccc2)cc1. The van der Waals surface area contributed by atoms with Gasteiger partial charge in [0, 0.05) is 22.6 Å². The summed E-state index contributed by atoms with van der Waals surface area (Å²) in [5, 5.41) is 3.93. The summed E-state index contributed by atoms with van der Waals surface area (Å²) in [6, 6.07) is 18.7. The van der Waals surface area contributed by atoms with E-state index in [1.807, 2.05) is 13.8 Å². The molecule has 1 aliphatic rings. The molecule has 4 rings (SSSR count). The van der Waals surface area contributed by atoms with Crippen molar-refractivity contribution in [1.82, 2.24) is 10.2 Å². The standard InChI is InChI=1S/C33H39Cl2N3O5S/c1-3-31(33(40)36-26-11-7-5-8-12-26)37(22-24-15-16-25(34)21-30(24)35)32(39)23-38(27-13-9-6-10-14-27)44(41,42)29-19-17-28(18-20-29)43-4-2/h6,9-10,13-21,26,31H,3-5,7-8,11-12,22-23H2,1-2H3,(H,36,40). The van der Waals surface area contributed by atoms with E-state index in [4.69, 9.17) is 27.9 Å². The van der Waals surface area contributed by atoms with Crippen molar-refractivity contribution in [3.8, 4) is 5.75 Å². The first-order valence-corrected chi connectivity index (χ1v) is 17.2. The number of hydrogen-bond acceptors (Lipinski definition) is 5. The molecule has 3 aromatic carbocycles. The second-order valence-corrected chi connectivity index (χ2v) is 13.5. The maximum Gasteiger partial charge on any atom is 0.264 e. The highest BCUT2D eigenvalue weighted by atomic mass is 35.5. The fourth-order valence-corrected chi connectivity index (χ4v) is 7.30. The molecule has 0 bridgehead atoms. The van der Waals surface area contributed by atoms with Crippen LogP contribution in [0.25, 0.3) is 0 Å². The van der Waals surface area contributed by atoms with E-state index in [9.17, 15) is 18.0 Å². The number of hydrogen-bond donors (Lipinski definition) is 1. The molecule has 1 N–H and O–H groups in total. The zero-order valence-corrected chi connectivity index (χ0v) is 27.4. The molecule has 0 aromatic heterocycles. The topological polar surface area (TPSA) is 96.0 Å². The monoisotopic (exact) mass is 659 g/mol. The molecule has 1 saturated carbocycles. The smallest absolute Gasteiger partial charge is 0.264 e. The molecule has 0 aliphatic heterocycles. The number of benzene rings is 3. The van der Waals surface area contributed by atoms with E-state index in [1.165, 1.54) is 17.0 Å². The number of carbonyl (C=O) groups is 2. The largest absolute Gasteiger partial charge is 0.494 e. The lowest BCUT2D eigenvalue weighted by atomic mass is 9.95. The molecule has 1 atom stereocenters. The Morgan fingerprint density at radius 3 is 2.25 bits per heavy atom. The van der Waals surface area contributed by atoms with E-state index in [0.717, 1.165) is 36.4 Å². The number of nitrogens with zero attached hydrogens (tertiary/aromatic N) is 2. The number of halogens is 2. The van der Waals surface area contributed by atoms with Crippen molar-refractivity contribution in [3.05, 3.63) is 88.4 Å². The van der Waals surface area contributed by atoms with Crippen LogP contribution in [0.1, 0.15) is 57.9 Å². The Balaban J connectivity index is 1.70. The molecule has 1 aliphatic carbocycles. The normalized spacial score (nSPS) is 14.5. The van der Waals surface area contributed by atoms with E-state index in [0.29, 0.717) is 40.1 Å². The van der Waals surface area contributed by atoms with Crippen molar-refractivity contribution in [2.75, 3.05) is 17.5 Å². The summed E-state index contributed by atoms with van der Waals surface area (Å²) in [5.41, 5.74) is 0.910. The number of nitrogens with one attached hydrogen (secondary N) is 1.